The van der Waals surface area contributed by atoms with Gasteiger partial charge in [0.2, 0.25) is 5.96 Å². The van der Waals surface area contributed by atoms with E-state index in [-0.39, 0.29) is 5.96 Å². The van der Waals surface area contributed by atoms with Gasteiger partial charge in [0.15, 0.2) is 6.19 Å². The van der Waals surface area contributed by atoms with Crippen molar-refractivity contribution in [2.45, 2.75) is 31.6 Å². The van der Waals surface area contributed by atoms with E-state index in [0.29, 0.717) is 16.9 Å². The summed E-state index contributed by atoms with van der Waals surface area (Å²) < 4.78 is 5.78. The molecule has 2 rings (SSSR count). The van der Waals surface area contributed by atoms with Crippen molar-refractivity contribution in [1.82, 2.24) is 4.90 Å². The molecule has 0 aromatic heterocycles. The van der Waals surface area contributed by atoms with Crippen LogP contribution < -0.4 is 10.5 Å². The highest BCUT2D eigenvalue weighted by Gasteiger charge is 2.43. The maximum Gasteiger partial charge on any atom is 0.205 e. The van der Waals surface area contributed by atoms with E-state index in [1.807, 2.05) is 12.3 Å². The molecule has 0 saturated heterocycles. The Labute approximate surface area is 128 Å². The average Bonchev–Trinajstić information content (AvgIpc) is 2.50. The zero-order valence-electron chi connectivity index (χ0n) is 12.6. The van der Waals surface area contributed by atoms with Crippen LogP contribution in [0.4, 0.5) is 0 Å². The molecule has 2 atom stereocenters. The monoisotopic (exact) mass is 299 g/mol. The third-order valence-corrected chi connectivity index (χ3v) is 3.61. The van der Waals surface area contributed by atoms with Gasteiger partial charge in [-0.15, -0.1) is 0 Å². The number of aliphatic imine (C=N–C) groups is 1. The summed E-state index contributed by atoms with van der Waals surface area (Å²) in [4.78, 5) is 5.36. The second-order valence-corrected chi connectivity index (χ2v) is 5.61. The standard InChI is InChI=1S/C15H17N5O2/c1-15(2)13(21)12(19-14(18)20(3)8-17)10-6-9(7-16)4-5-11(10)22-15/h4-6,12-13,21H,1-3H3,(H2,18,19)/t12-,13+/m1/s1. The number of nitriles is 2. The zero-order valence-corrected chi connectivity index (χ0v) is 12.6. The molecule has 3 N–H and O–H groups in total. The highest BCUT2D eigenvalue weighted by molar-refractivity contribution is 5.79. The molecule has 7 heteroatoms. The third-order valence-electron chi connectivity index (χ3n) is 3.61. The number of aliphatic hydroxyl groups excluding tert-OH is 1. The van der Waals surface area contributed by atoms with Gasteiger partial charge >= 0.3 is 0 Å². The van der Waals surface area contributed by atoms with Crippen LogP contribution in [0.5, 0.6) is 5.75 Å². The zero-order chi connectivity index (χ0) is 16.5. The van der Waals surface area contributed by atoms with Crippen molar-refractivity contribution < 1.29 is 9.84 Å². The van der Waals surface area contributed by atoms with Crippen molar-refractivity contribution in [1.29, 1.82) is 10.5 Å². The van der Waals surface area contributed by atoms with Gasteiger partial charge in [-0.25, -0.2) is 4.99 Å². The molecule has 1 aliphatic rings. The van der Waals surface area contributed by atoms with Crippen LogP contribution >= 0.6 is 0 Å². The molecule has 0 fully saturated rings. The van der Waals surface area contributed by atoms with Crippen LogP contribution in [0.1, 0.15) is 31.0 Å². The number of hydrogen-bond donors (Lipinski definition) is 2. The van der Waals surface area contributed by atoms with E-state index >= 15 is 0 Å². The first kappa shape index (κ1) is 15.6. The van der Waals surface area contributed by atoms with Crippen molar-refractivity contribution in [3.8, 4) is 18.0 Å². The molecule has 22 heavy (non-hydrogen) atoms. The Balaban J connectivity index is 2.57. The minimum atomic E-state index is -0.973. The summed E-state index contributed by atoms with van der Waals surface area (Å²) >= 11 is 0. The minimum absolute atomic E-state index is 0.0161. The lowest BCUT2D eigenvalue weighted by molar-refractivity contribution is -0.0568. The highest BCUT2D eigenvalue weighted by Crippen LogP contribution is 2.42. The van der Waals surface area contributed by atoms with E-state index in [1.54, 1.807) is 32.0 Å². The fraction of sp³-hybridized carbons (Fsp3) is 0.400. The minimum Gasteiger partial charge on any atom is -0.485 e. The Bertz CT molecular complexity index is 699. The SMILES string of the molecule is CN(C#N)C(N)=N[C@@H]1c2cc(C#N)ccc2OC(C)(C)[C@H]1O. The highest BCUT2D eigenvalue weighted by atomic mass is 16.5. The predicted molar refractivity (Wildman–Crippen MR) is 79.6 cm³/mol. The third kappa shape index (κ3) is 2.67. The molecule has 0 aliphatic carbocycles. The van der Waals surface area contributed by atoms with E-state index in [2.05, 4.69) is 4.99 Å². The number of guanidine groups is 1. The fourth-order valence-electron chi connectivity index (χ4n) is 2.26. The van der Waals surface area contributed by atoms with Crippen molar-refractivity contribution in [3.05, 3.63) is 29.3 Å². The number of fused-ring (bicyclic) bond motifs is 1. The van der Waals surface area contributed by atoms with Gasteiger partial charge in [-0.2, -0.15) is 10.5 Å². The average molecular weight is 299 g/mol. The van der Waals surface area contributed by atoms with Crippen molar-refractivity contribution in [2.75, 3.05) is 7.05 Å². The summed E-state index contributed by atoms with van der Waals surface area (Å²) in [5, 5.41) is 28.4. The lowest BCUT2D eigenvalue weighted by Crippen LogP contribution is -2.49. The second-order valence-electron chi connectivity index (χ2n) is 5.61. The molecule has 1 aromatic rings. The van der Waals surface area contributed by atoms with Crippen molar-refractivity contribution in [3.63, 3.8) is 0 Å². The number of rotatable bonds is 1. The molecular weight excluding hydrogens is 282 g/mol. The van der Waals surface area contributed by atoms with Crippen molar-refractivity contribution >= 4 is 5.96 Å². The Morgan fingerprint density at radius 2 is 2.14 bits per heavy atom. The number of hydrogen-bond acceptors (Lipinski definition) is 5. The van der Waals surface area contributed by atoms with Gasteiger partial charge in [-0.3, -0.25) is 4.90 Å². The lowest BCUT2D eigenvalue weighted by atomic mass is 9.86. The van der Waals surface area contributed by atoms with E-state index in [9.17, 15) is 5.11 Å². The lowest BCUT2D eigenvalue weighted by Gasteiger charge is -2.40. The first-order valence-corrected chi connectivity index (χ1v) is 6.68. The van der Waals surface area contributed by atoms with Gasteiger partial charge in [0.25, 0.3) is 0 Å². The summed E-state index contributed by atoms with van der Waals surface area (Å²) in [6.45, 7) is 3.48. The van der Waals surface area contributed by atoms with Gasteiger partial charge in [0.1, 0.15) is 23.5 Å². The van der Waals surface area contributed by atoms with Crippen LogP contribution in [0, 0.1) is 22.8 Å². The molecule has 1 heterocycles. The smallest absolute Gasteiger partial charge is 0.205 e. The van der Waals surface area contributed by atoms with Gasteiger partial charge < -0.3 is 15.6 Å². The normalized spacial score (nSPS) is 22.7. The summed E-state index contributed by atoms with van der Waals surface area (Å²) in [6.07, 6.45) is 0.876. The Hall–Kier alpha value is -2.77. The Morgan fingerprint density at radius 1 is 1.45 bits per heavy atom. The van der Waals surface area contributed by atoms with Crippen LogP contribution in [0.15, 0.2) is 23.2 Å². The Kier molecular flexibility index (Phi) is 3.94. The molecular formula is C15H17N5O2. The van der Waals surface area contributed by atoms with Crippen LogP contribution in [-0.2, 0) is 0 Å². The first-order chi connectivity index (χ1) is 10.3. The molecule has 0 amide bonds. The maximum absolute atomic E-state index is 10.5. The number of nitrogens with zero attached hydrogens (tertiary/aromatic N) is 4. The van der Waals surface area contributed by atoms with Crippen molar-refractivity contribution in [2.24, 2.45) is 10.7 Å². The molecule has 1 aliphatic heterocycles. The van der Waals surface area contributed by atoms with Crippen LogP contribution in [0.2, 0.25) is 0 Å². The number of aliphatic hydroxyl groups is 1. The summed E-state index contributed by atoms with van der Waals surface area (Å²) in [7, 11) is 1.47. The molecule has 0 saturated carbocycles. The number of nitrogens with two attached hydrogens (primary N) is 1. The van der Waals surface area contributed by atoms with Gasteiger partial charge in [0.05, 0.1) is 11.6 Å². The van der Waals surface area contributed by atoms with E-state index in [1.165, 1.54) is 7.05 Å². The second kappa shape index (κ2) is 5.55. The molecule has 1 aromatic carbocycles. The molecule has 0 spiro atoms. The molecule has 0 unspecified atom stereocenters. The Morgan fingerprint density at radius 3 is 2.73 bits per heavy atom. The molecule has 114 valence electrons. The number of benzene rings is 1. The fourth-order valence-corrected chi connectivity index (χ4v) is 2.26. The van der Waals surface area contributed by atoms with Crippen LogP contribution in [0.3, 0.4) is 0 Å². The van der Waals surface area contributed by atoms with E-state index < -0.39 is 17.7 Å². The van der Waals surface area contributed by atoms with E-state index in [0.717, 1.165) is 4.90 Å². The molecule has 7 nitrogen and oxygen atoms in total. The van der Waals surface area contributed by atoms with Gasteiger partial charge in [-0.05, 0) is 32.0 Å². The predicted octanol–water partition coefficient (Wildman–Crippen LogP) is 0.859. The first-order valence-electron chi connectivity index (χ1n) is 6.68. The van der Waals surface area contributed by atoms with E-state index in [4.69, 9.17) is 21.0 Å². The summed E-state index contributed by atoms with van der Waals surface area (Å²) in [5.74, 6) is 0.521. The molecule has 0 bridgehead atoms. The van der Waals surface area contributed by atoms with Gasteiger partial charge in [-0.1, -0.05) is 0 Å². The topological polar surface area (TPSA) is 119 Å². The van der Waals surface area contributed by atoms with Crippen LogP contribution in [-0.4, -0.2) is 34.7 Å². The summed E-state index contributed by atoms with van der Waals surface area (Å²) in [5.41, 5.74) is 5.90. The van der Waals surface area contributed by atoms with Gasteiger partial charge in [0, 0.05) is 12.6 Å². The summed E-state index contributed by atoms with van der Waals surface area (Å²) in [6, 6.07) is 6.25. The molecule has 0 radical (unpaired) electrons. The number of ether oxygens (including phenoxy) is 1. The quantitative estimate of drug-likeness (QED) is 0.343. The maximum atomic E-state index is 10.5. The largest absolute Gasteiger partial charge is 0.485 e. The van der Waals surface area contributed by atoms with Crippen LogP contribution in [0.25, 0.3) is 0 Å².